The van der Waals surface area contributed by atoms with Crippen molar-refractivity contribution in [3.8, 4) is 0 Å². The fourth-order valence-electron chi connectivity index (χ4n) is 3.32. The van der Waals surface area contributed by atoms with Crippen LogP contribution in [-0.2, 0) is 12.7 Å². The second-order valence-electron chi connectivity index (χ2n) is 6.79. The number of piperazine rings is 1. The van der Waals surface area contributed by atoms with Gasteiger partial charge in [-0.3, -0.25) is 18.9 Å². The summed E-state index contributed by atoms with van der Waals surface area (Å²) < 4.78 is 40.1. The van der Waals surface area contributed by atoms with E-state index in [2.05, 4.69) is 9.88 Å². The maximum atomic E-state index is 12.9. The fraction of sp³-hybridized carbons (Fsp3) is 0.316. The molecule has 152 valence electrons. The highest BCUT2D eigenvalue weighted by atomic mass is 32.1. The predicted octanol–water partition coefficient (Wildman–Crippen LogP) is 2.73. The van der Waals surface area contributed by atoms with E-state index in [0.717, 1.165) is 12.1 Å². The smallest absolute Gasteiger partial charge is 0.336 e. The maximum absolute atomic E-state index is 12.9. The average molecular weight is 422 g/mol. The van der Waals surface area contributed by atoms with Crippen molar-refractivity contribution in [3.05, 3.63) is 69.1 Å². The Labute approximate surface area is 167 Å². The van der Waals surface area contributed by atoms with Crippen molar-refractivity contribution in [1.29, 1.82) is 0 Å². The topological polar surface area (TPSA) is 57.9 Å². The summed E-state index contributed by atoms with van der Waals surface area (Å²) in [6.07, 6.45) is -2.80. The Balaban J connectivity index is 1.40. The molecule has 1 amide bonds. The lowest BCUT2D eigenvalue weighted by Crippen LogP contribution is -2.48. The second kappa shape index (κ2) is 7.60. The molecule has 0 unspecified atom stereocenters. The lowest BCUT2D eigenvalue weighted by atomic mass is 10.1. The minimum atomic E-state index is -4.48. The first-order chi connectivity index (χ1) is 13.8. The fourth-order valence-corrected chi connectivity index (χ4v) is 4.06. The van der Waals surface area contributed by atoms with Crippen LogP contribution in [0.3, 0.4) is 0 Å². The molecule has 1 aliphatic heterocycles. The van der Waals surface area contributed by atoms with Gasteiger partial charge in [0.15, 0.2) is 4.96 Å². The highest BCUT2D eigenvalue weighted by molar-refractivity contribution is 7.15. The standard InChI is InChI=1S/C19H17F3N4O2S/c20-19(21,22)14-3-1-2-13(10-14)17(28)25-6-4-24(5-7-25)12-15-11-16(27)26-8-9-29-18(26)23-15/h1-3,8-11H,4-7,12H2. The van der Waals surface area contributed by atoms with Crippen LogP contribution in [0.25, 0.3) is 4.96 Å². The van der Waals surface area contributed by atoms with Crippen molar-refractivity contribution in [2.45, 2.75) is 12.7 Å². The van der Waals surface area contributed by atoms with Gasteiger partial charge in [0, 0.05) is 55.9 Å². The quantitative estimate of drug-likeness (QED) is 0.651. The molecule has 29 heavy (non-hydrogen) atoms. The Hall–Kier alpha value is -2.72. The lowest BCUT2D eigenvalue weighted by Gasteiger charge is -2.34. The van der Waals surface area contributed by atoms with Crippen LogP contribution in [-0.4, -0.2) is 51.3 Å². The van der Waals surface area contributed by atoms with E-state index in [4.69, 9.17) is 0 Å². The van der Waals surface area contributed by atoms with Crippen LogP contribution < -0.4 is 5.56 Å². The Bertz CT molecular complexity index is 1100. The number of aromatic nitrogens is 2. The molecule has 1 saturated heterocycles. The zero-order valence-corrected chi connectivity index (χ0v) is 16.0. The van der Waals surface area contributed by atoms with Crippen molar-refractivity contribution in [2.75, 3.05) is 26.2 Å². The van der Waals surface area contributed by atoms with Gasteiger partial charge in [-0.25, -0.2) is 4.98 Å². The molecule has 10 heteroatoms. The number of hydrogen-bond donors (Lipinski definition) is 0. The normalized spacial score (nSPS) is 15.8. The summed E-state index contributed by atoms with van der Waals surface area (Å²) in [4.78, 5) is 33.4. The number of thiazole rings is 1. The number of halogens is 3. The summed E-state index contributed by atoms with van der Waals surface area (Å²) in [6.45, 7) is 2.38. The van der Waals surface area contributed by atoms with E-state index in [1.54, 1.807) is 16.5 Å². The van der Waals surface area contributed by atoms with Crippen molar-refractivity contribution in [3.63, 3.8) is 0 Å². The van der Waals surface area contributed by atoms with Gasteiger partial charge in [0.2, 0.25) is 0 Å². The zero-order chi connectivity index (χ0) is 20.6. The number of carbonyl (C=O) groups excluding carboxylic acids is 1. The molecule has 2 aromatic heterocycles. The van der Waals surface area contributed by atoms with Crippen LogP contribution in [0.4, 0.5) is 13.2 Å². The Morgan fingerprint density at radius 1 is 1.14 bits per heavy atom. The van der Waals surface area contributed by atoms with Crippen LogP contribution in [0.2, 0.25) is 0 Å². The molecule has 1 fully saturated rings. The van der Waals surface area contributed by atoms with Gasteiger partial charge in [-0.2, -0.15) is 13.2 Å². The van der Waals surface area contributed by atoms with Gasteiger partial charge < -0.3 is 4.90 Å². The highest BCUT2D eigenvalue weighted by Gasteiger charge is 2.31. The molecule has 0 spiro atoms. The lowest BCUT2D eigenvalue weighted by molar-refractivity contribution is -0.137. The molecule has 0 aliphatic carbocycles. The summed E-state index contributed by atoms with van der Waals surface area (Å²) in [6, 6.07) is 5.99. The molecule has 1 aromatic carbocycles. The van der Waals surface area contributed by atoms with Crippen molar-refractivity contribution in [2.24, 2.45) is 0 Å². The minimum absolute atomic E-state index is 0.0334. The highest BCUT2D eigenvalue weighted by Crippen LogP contribution is 2.29. The molecule has 0 saturated carbocycles. The third kappa shape index (κ3) is 4.18. The summed E-state index contributed by atoms with van der Waals surface area (Å²) in [5.41, 5.74) is -0.269. The van der Waals surface area contributed by atoms with Gasteiger partial charge in [-0.1, -0.05) is 6.07 Å². The minimum Gasteiger partial charge on any atom is -0.336 e. The van der Waals surface area contributed by atoms with Crippen LogP contribution >= 0.6 is 11.3 Å². The maximum Gasteiger partial charge on any atom is 0.416 e. The number of fused-ring (bicyclic) bond motifs is 1. The van der Waals surface area contributed by atoms with Crippen molar-refractivity contribution >= 4 is 22.2 Å². The van der Waals surface area contributed by atoms with Gasteiger partial charge >= 0.3 is 6.18 Å². The summed E-state index contributed by atoms with van der Waals surface area (Å²) in [7, 11) is 0. The number of amides is 1. The predicted molar refractivity (Wildman–Crippen MR) is 102 cm³/mol. The van der Waals surface area contributed by atoms with Crippen LogP contribution in [0.5, 0.6) is 0 Å². The number of hydrogen-bond acceptors (Lipinski definition) is 5. The molecule has 0 N–H and O–H groups in total. The number of nitrogens with zero attached hydrogens (tertiary/aromatic N) is 4. The first kappa shape index (κ1) is 19.6. The molecular weight excluding hydrogens is 405 g/mol. The van der Waals surface area contributed by atoms with E-state index in [1.807, 2.05) is 0 Å². The van der Waals surface area contributed by atoms with E-state index in [1.165, 1.54) is 33.9 Å². The Morgan fingerprint density at radius 2 is 1.90 bits per heavy atom. The molecule has 6 nitrogen and oxygen atoms in total. The van der Waals surface area contributed by atoms with Gasteiger partial charge in [0.1, 0.15) is 0 Å². The van der Waals surface area contributed by atoms with E-state index in [0.29, 0.717) is 43.4 Å². The van der Waals surface area contributed by atoms with Crippen LogP contribution in [0.1, 0.15) is 21.6 Å². The number of rotatable bonds is 3. The molecule has 4 rings (SSSR count). The summed E-state index contributed by atoms with van der Waals surface area (Å²) >= 11 is 1.38. The molecular formula is C19H17F3N4O2S. The van der Waals surface area contributed by atoms with Crippen LogP contribution in [0, 0.1) is 0 Å². The largest absolute Gasteiger partial charge is 0.416 e. The van der Waals surface area contributed by atoms with E-state index >= 15 is 0 Å². The molecule has 3 aromatic rings. The third-order valence-electron chi connectivity index (χ3n) is 4.84. The van der Waals surface area contributed by atoms with E-state index < -0.39 is 17.6 Å². The SMILES string of the molecule is O=C(c1cccc(C(F)(F)F)c1)N1CCN(Cc2cc(=O)n3ccsc3n2)CC1. The zero-order valence-electron chi connectivity index (χ0n) is 15.2. The molecule has 0 radical (unpaired) electrons. The third-order valence-corrected chi connectivity index (χ3v) is 5.59. The van der Waals surface area contributed by atoms with E-state index in [-0.39, 0.29) is 11.1 Å². The average Bonchev–Trinajstić information content (AvgIpc) is 3.17. The first-order valence-corrected chi connectivity index (χ1v) is 9.84. The van der Waals surface area contributed by atoms with Gasteiger partial charge in [0.25, 0.3) is 11.5 Å². The number of benzene rings is 1. The number of alkyl halides is 3. The molecule has 3 heterocycles. The first-order valence-electron chi connectivity index (χ1n) is 8.96. The van der Waals surface area contributed by atoms with E-state index in [9.17, 15) is 22.8 Å². The van der Waals surface area contributed by atoms with Gasteiger partial charge in [-0.15, -0.1) is 11.3 Å². The van der Waals surface area contributed by atoms with Gasteiger partial charge in [0.05, 0.1) is 11.3 Å². The molecule has 1 aliphatic rings. The van der Waals surface area contributed by atoms with Crippen molar-refractivity contribution < 1.29 is 18.0 Å². The van der Waals surface area contributed by atoms with Crippen molar-refractivity contribution in [1.82, 2.24) is 19.2 Å². The number of carbonyl (C=O) groups is 1. The Morgan fingerprint density at radius 3 is 2.62 bits per heavy atom. The Kier molecular flexibility index (Phi) is 5.13. The van der Waals surface area contributed by atoms with Gasteiger partial charge in [-0.05, 0) is 18.2 Å². The molecule has 0 atom stereocenters. The summed E-state index contributed by atoms with van der Waals surface area (Å²) in [5, 5.41) is 1.80. The van der Waals surface area contributed by atoms with Crippen LogP contribution in [0.15, 0.2) is 46.7 Å². The second-order valence-corrected chi connectivity index (χ2v) is 7.66. The monoisotopic (exact) mass is 422 g/mol. The summed E-state index contributed by atoms with van der Waals surface area (Å²) in [5.74, 6) is -0.410. The molecule has 0 bridgehead atoms.